The first-order chi connectivity index (χ1) is 13.3. The number of rotatable bonds is 7. The van der Waals surface area contributed by atoms with Crippen molar-refractivity contribution in [3.8, 4) is 5.75 Å². The van der Waals surface area contributed by atoms with Gasteiger partial charge in [-0.25, -0.2) is 4.39 Å². The zero-order valence-electron chi connectivity index (χ0n) is 16.2. The molecule has 0 saturated carbocycles. The molecule has 1 fully saturated rings. The summed E-state index contributed by atoms with van der Waals surface area (Å²) in [5.74, 6) is 0.134. The molecule has 0 unspecified atom stereocenters. The van der Waals surface area contributed by atoms with Gasteiger partial charge in [-0.15, -0.1) is 0 Å². The Balaban J connectivity index is 1.63. The first-order valence-corrected chi connectivity index (χ1v) is 10.4. The van der Waals surface area contributed by atoms with E-state index in [1.807, 2.05) is 13.1 Å². The van der Waals surface area contributed by atoms with Gasteiger partial charge in [-0.1, -0.05) is 6.07 Å². The molecule has 1 aliphatic rings. The molecule has 1 atom stereocenters. The van der Waals surface area contributed by atoms with E-state index >= 15 is 0 Å². The second-order valence-electron chi connectivity index (χ2n) is 6.75. The molecule has 1 aromatic carbocycles. The molecule has 0 radical (unpaired) electrons. The molecule has 1 aliphatic heterocycles. The summed E-state index contributed by atoms with van der Waals surface area (Å²) in [6, 6.07) is 7.90. The van der Waals surface area contributed by atoms with Gasteiger partial charge in [-0.2, -0.15) is 22.1 Å². The van der Waals surface area contributed by atoms with Gasteiger partial charge in [0.15, 0.2) is 0 Å². The minimum Gasteiger partial charge on any atom is -0.493 e. The van der Waals surface area contributed by atoms with Crippen LogP contribution in [0, 0.1) is 5.82 Å². The van der Waals surface area contributed by atoms with E-state index in [2.05, 4.69) is 5.10 Å². The number of nitrogens with zero attached hydrogens (tertiary/aromatic N) is 4. The molecule has 0 amide bonds. The van der Waals surface area contributed by atoms with Crippen molar-refractivity contribution >= 4 is 10.2 Å². The van der Waals surface area contributed by atoms with Crippen LogP contribution in [-0.4, -0.2) is 67.2 Å². The first kappa shape index (κ1) is 20.7. The Hall–Kier alpha value is -2.01. The van der Waals surface area contributed by atoms with Crippen LogP contribution in [0.4, 0.5) is 4.39 Å². The highest BCUT2D eigenvalue weighted by Gasteiger charge is 2.32. The summed E-state index contributed by atoms with van der Waals surface area (Å²) in [5, 5.41) is 4.48. The van der Waals surface area contributed by atoms with Crippen LogP contribution in [0.5, 0.6) is 5.75 Å². The van der Waals surface area contributed by atoms with Crippen LogP contribution in [-0.2, 0) is 28.4 Å². The number of ether oxygens (including phenoxy) is 2. The summed E-state index contributed by atoms with van der Waals surface area (Å²) in [7, 11) is 1.35. The maximum Gasteiger partial charge on any atom is 0.281 e. The van der Waals surface area contributed by atoms with Crippen molar-refractivity contribution in [2.75, 3.05) is 40.4 Å². The number of halogens is 1. The summed E-state index contributed by atoms with van der Waals surface area (Å²) < 4.78 is 53.6. The van der Waals surface area contributed by atoms with Gasteiger partial charge in [-0.05, 0) is 18.2 Å². The van der Waals surface area contributed by atoms with Crippen LogP contribution in [0.2, 0.25) is 0 Å². The summed E-state index contributed by atoms with van der Waals surface area (Å²) >= 11 is 0. The predicted molar refractivity (Wildman–Crippen MR) is 102 cm³/mol. The molecule has 10 heteroatoms. The lowest BCUT2D eigenvalue weighted by Crippen LogP contribution is -2.47. The molecule has 2 aromatic rings. The van der Waals surface area contributed by atoms with Crippen molar-refractivity contribution in [2.24, 2.45) is 7.05 Å². The second kappa shape index (κ2) is 8.56. The molecule has 28 heavy (non-hydrogen) atoms. The van der Waals surface area contributed by atoms with Gasteiger partial charge in [-0.3, -0.25) is 4.68 Å². The maximum absolute atomic E-state index is 13.2. The highest BCUT2D eigenvalue weighted by Crippen LogP contribution is 2.24. The van der Waals surface area contributed by atoms with E-state index in [4.69, 9.17) is 9.47 Å². The Labute approximate surface area is 164 Å². The molecule has 0 aliphatic carbocycles. The lowest BCUT2D eigenvalue weighted by atomic mass is 10.2. The smallest absolute Gasteiger partial charge is 0.281 e. The average Bonchev–Trinajstić information content (AvgIpc) is 3.03. The number of aryl methyl sites for hydroxylation is 1. The van der Waals surface area contributed by atoms with Crippen molar-refractivity contribution < 1.29 is 22.3 Å². The van der Waals surface area contributed by atoms with Crippen molar-refractivity contribution in [3.05, 3.63) is 47.5 Å². The fourth-order valence-electron chi connectivity index (χ4n) is 3.00. The largest absolute Gasteiger partial charge is 0.493 e. The lowest BCUT2D eigenvalue weighted by Gasteiger charge is -2.32. The number of aromatic nitrogens is 2. The highest BCUT2D eigenvalue weighted by atomic mass is 32.2. The Morgan fingerprint density at radius 1 is 1.36 bits per heavy atom. The van der Waals surface area contributed by atoms with E-state index in [9.17, 15) is 12.8 Å². The van der Waals surface area contributed by atoms with Crippen molar-refractivity contribution in [1.29, 1.82) is 0 Å². The molecule has 0 bridgehead atoms. The maximum atomic E-state index is 13.2. The van der Waals surface area contributed by atoms with Crippen LogP contribution in [0.25, 0.3) is 0 Å². The monoisotopic (exact) mass is 412 g/mol. The Morgan fingerprint density at radius 2 is 2.14 bits per heavy atom. The third-order valence-electron chi connectivity index (χ3n) is 4.57. The number of hydrogen-bond donors (Lipinski definition) is 0. The van der Waals surface area contributed by atoms with Crippen LogP contribution >= 0.6 is 0 Å². The zero-order valence-corrected chi connectivity index (χ0v) is 17.0. The standard InChI is InChI=1S/C18H25FN4O4S/c1-21(2)28(24,25)23-8-10-27-18(13-23)17-12-15(22(3)20-17)7-9-26-16-6-4-5-14(19)11-16/h4-6,11-12,18H,7-10,13H2,1-3H3/t18-/m1/s1. The van der Waals surface area contributed by atoms with Gasteiger partial charge in [0.1, 0.15) is 17.7 Å². The van der Waals surface area contributed by atoms with Crippen LogP contribution in [0.15, 0.2) is 30.3 Å². The van der Waals surface area contributed by atoms with E-state index < -0.39 is 16.3 Å². The molecule has 1 saturated heterocycles. The molecule has 154 valence electrons. The minimum absolute atomic E-state index is 0.219. The molecule has 0 spiro atoms. The number of hydrogen-bond acceptors (Lipinski definition) is 5. The molecule has 8 nitrogen and oxygen atoms in total. The second-order valence-corrected chi connectivity index (χ2v) is 8.89. The minimum atomic E-state index is -3.49. The SMILES string of the molecule is CN(C)S(=O)(=O)N1CCO[C@@H](c2cc(CCOc3cccc(F)c3)n(C)n2)C1. The third kappa shape index (κ3) is 4.69. The van der Waals surface area contributed by atoms with Crippen molar-refractivity contribution in [2.45, 2.75) is 12.5 Å². The summed E-state index contributed by atoms with van der Waals surface area (Å²) in [6.45, 7) is 1.22. The normalized spacial score (nSPS) is 18.5. The molecule has 3 rings (SSSR count). The van der Waals surface area contributed by atoms with Crippen molar-refractivity contribution in [3.63, 3.8) is 0 Å². The van der Waals surface area contributed by atoms with Crippen LogP contribution in [0.1, 0.15) is 17.5 Å². The highest BCUT2D eigenvalue weighted by molar-refractivity contribution is 7.86. The van der Waals surface area contributed by atoms with E-state index in [1.165, 1.54) is 34.8 Å². The van der Waals surface area contributed by atoms with Gasteiger partial charge in [0.25, 0.3) is 10.2 Å². The van der Waals surface area contributed by atoms with Crippen molar-refractivity contribution in [1.82, 2.24) is 18.4 Å². The van der Waals surface area contributed by atoms with Gasteiger partial charge in [0, 0.05) is 52.4 Å². The summed E-state index contributed by atoms with van der Waals surface area (Å²) in [4.78, 5) is 0. The third-order valence-corrected chi connectivity index (χ3v) is 6.47. The van der Waals surface area contributed by atoms with E-state index in [-0.39, 0.29) is 12.4 Å². The molecular weight excluding hydrogens is 387 g/mol. The Bertz CT molecular complexity index is 916. The molecule has 1 aromatic heterocycles. The molecular formula is C18H25FN4O4S. The van der Waals surface area contributed by atoms with Crippen LogP contribution < -0.4 is 4.74 Å². The van der Waals surface area contributed by atoms with Gasteiger partial charge >= 0.3 is 0 Å². The number of morpholine rings is 1. The number of benzene rings is 1. The molecule has 2 heterocycles. The zero-order chi connectivity index (χ0) is 20.3. The topological polar surface area (TPSA) is 76.9 Å². The van der Waals surface area contributed by atoms with Gasteiger partial charge < -0.3 is 9.47 Å². The first-order valence-electron chi connectivity index (χ1n) is 8.98. The van der Waals surface area contributed by atoms with E-state index in [0.29, 0.717) is 37.6 Å². The quantitative estimate of drug-likeness (QED) is 0.686. The molecule has 0 N–H and O–H groups in total. The fraction of sp³-hybridized carbons (Fsp3) is 0.500. The summed E-state index contributed by atoms with van der Waals surface area (Å²) in [5.41, 5.74) is 1.60. The average molecular weight is 412 g/mol. The predicted octanol–water partition coefficient (Wildman–Crippen LogP) is 1.36. The Morgan fingerprint density at radius 3 is 2.86 bits per heavy atom. The van der Waals surface area contributed by atoms with Gasteiger partial charge in [0.05, 0.1) is 18.9 Å². The van der Waals surface area contributed by atoms with Gasteiger partial charge in [0.2, 0.25) is 0 Å². The fourth-order valence-corrected chi connectivity index (χ4v) is 4.09. The van der Waals surface area contributed by atoms with Crippen LogP contribution in [0.3, 0.4) is 0 Å². The van der Waals surface area contributed by atoms with E-state index in [1.54, 1.807) is 16.8 Å². The summed E-state index contributed by atoms with van der Waals surface area (Å²) in [6.07, 6.45) is 0.152. The Kier molecular flexibility index (Phi) is 6.33. The van der Waals surface area contributed by atoms with E-state index in [0.717, 1.165) is 5.69 Å². The lowest BCUT2D eigenvalue weighted by molar-refractivity contribution is -0.00649.